The van der Waals surface area contributed by atoms with E-state index in [1.54, 1.807) is 18.5 Å². The Morgan fingerprint density at radius 1 is 1.55 bits per heavy atom. The van der Waals surface area contributed by atoms with E-state index in [0.29, 0.717) is 10.9 Å². The monoisotopic (exact) mass is 277 g/mol. The van der Waals surface area contributed by atoms with Crippen molar-refractivity contribution in [3.8, 4) is 0 Å². The van der Waals surface area contributed by atoms with Crippen molar-refractivity contribution in [1.29, 1.82) is 0 Å². The Balaban J connectivity index is 2.96. The number of carbonyl (C=O) groups excluding carboxylic acids is 1. The average Bonchev–Trinajstić information content (AvgIpc) is 2.03. The van der Waals surface area contributed by atoms with Crippen LogP contribution in [0, 0.1) is 0 Å². The molecule has 0 spiro atoms. The van der Waals surface area contributed by atoms with Crippen molar-refractivity contribution in [2.45, 2.75) is 0 Å². The fourth-order valence-corrected chi connectivity index (χ4v) is 1.33. The van der Waals surface area contributed by atoms with Crippen LogP contribution in [-0.2, 0) is 0 Å². The fraction of sp³-hybridized carbons (Fsp3) is 0.143. The van der Waals surface area contributed by atoms with Crippen molar-refractivity contribution >= 4 is 37.6 Å². The molecule has 0 N–H and O–H groups in total. The summed E-state index contributed by atoms with van der Waals surface area (Å²) in [6.45, 7) is 0. The van der Waals surface area contributed by atoms with Crippen LogP contribution in [0.3, 0.4) is 0 Å². The number of carbonyl (C=O) groups is 1. The lowest BCUT2D eigenvalue weighted by atomic mass is 10.2. The van der Waals surface area contributed by atoms with E-state index in [9.17, 15) is 4.79 Å². The first kappa shape index (κ1) is 8.87. The van der Waals surface area contributed by atoms with E-state index >= 15 is 0 Å². The smallest absolute Gasteiger partial charge is 0.174 e. The van der Waals surface area contributed by atoms with Crippen LogP contribution in [0.25, 0.3) is 0 Å². The lowest BCUT2D eigenvalue weighted by Crippen LogP contribution is -1.99. The van der Waals surface area contributed by atoms with Crippen LogP contribution in [-0.4, -0.2) is 16.1 Å². The van der Waals surface area contributed by atoms with Gasteiger partial charge in [-0.05, 0) is 22.0 Å². The van der Waals surface area contributed by atoms with Crippen molar-refractivity contribution in [2.75, 3.05) is 5.33 Å². The second-order valence-electron chi connectivity index (χ2n) is 1.95. The third-order valence-electron chi connectivity index (χ3n) is 1.15. The molecule has 0 aliphatic heterocycles. The Hall–Kier alpha value is -0.220. The second kappa shape index (κ2) is 3.97. The van der Waals surface area contributed by atoms with E-state index in [-0.39, 0.29) is 5.78 Å². The van der Waals surface area contributed by atoms with Crippen molar-refractivity contribution in [3.05, 3.63) is 28.5 Å². The van der Waals surface area contributed by atoms with E-state index in [1.165, 1.54) is 0 Å². The summed E-state index contributed by atoms with van der Waals surface area (Å²) in [7, 11) is 0. The first-order valence-corrected chi connectivity index (χ1v) is 4.85. The summed E-state index contributed by atoms with van der Waals surface area (Å²) in [4.78, 5) is 14.9. The molecule has 0 fully saturated rings. The van der Waals surface area contributed by atoms with Gasteiger partial charge in [0.25, 0.3) is 0 Å². The maximum atomic E-state index is 11.1. The average molecular weight is 279 g/mol. The van der Waals surface area contributed by atoms with Crippen molar-refractivity contribution < 1.29 is 4.79 Å². The number of hydrogen-bond donors (Lipinski definition) is 0. The third kappa shape index (κ3) is 2.38. The van der Waals surface area contributed by atoms with E-state index in [4.69, 9.17) is 0 Å². The quantitative estimate of drug-likeness (QED) is 0.614. The largest absolute Gasteiger partial charge is 0.293 e. The molecule has 2 nitrogen and oxygen atoms in total. The Morgan fingerprint density at radius 3 is 2.82 bits per heavy atom. The molecular formula is C7H5Br2NO. The van der Waals surface area contributed by atoms with Gasteiger partial charge in [0.05, 0.1) is 5.33 Å². The van der Waals surface area contributed by atoms with E-state index in [2.05, 4.69) is 36.8 Å². The number of pyridine rings is 1. The van der Waals surface area contributed by atoms with Gasteiger partial charge in [-0.3, -0.25) is 9.78 Å². The summed E-state index contributed by atoms with van der Waals surface area (Å²) in [5.74, 6) is 0.0406. The minimum absolute atomic E-state index is 0.0406. The lowest BCUT2D eigenvalue weighted by molar-refractivity contribution is 0.102. The van der Waals surface area contributed by atoms with Gasteiger partial charge in [-0.25, -0.2) is 0 Å². The third-order valence-corrected chi connectivity index (χ3v) is 2.09. The number of aromatic nitrogens is 1. The van der Waals surface area contributed by atoms with Crippen LogP contribution in [0.1, 0.15) is 10.4 Å². The maximum Gasteiger partial charge on any atom is 0.174 e. The predicted octanol–water partition coefficient (Wildman–Crippen LogP) is 2.42. The molecular weight excluding hydrogens is 274 g/mol. The zero-order valence-corrected chi connectivity index (χ0v) is 8.72. The number of ketones is 1. The number of hydrogen-bond acceptors (Lipinski definition) is 2. The molecule has 0 unspecified atom stereocenters. The molecule has 0 aliphatic rings. The molecule has 58 valence electrons. The van der Waals surface area contributed by atoms with Gasteiger partial charge in [0, 0.05) is 22.4 Å². The summed E-state index contributed by atoms with van der Waals surface area (Å²) in [5, 5.41) is 0.338. The summed E-state index contributed by atoms with van der Waals surface area (Å²) in [6, 6.07) is 1.75. The van der Waals surface area contributed by atoms with Gasteiger partial charge in [0.1, 0.15) is 0 Å². The van der Waals surface area contributed by atoms with Gasteiger partial charge in [-0.1, -0.05) is 15.9 Å². The van der Waals surface area contributed by atoms with E-state index in [0.717, 1.165) is 4.47 Å². The van der Waals surface area contributed by atoms with Crippen LogP contribution in [0.15, 0.2) is 22.9 Å². The van der Waals surface area contributed by atoms with Crippen LogP contribution < -0.4 is 0 Å². The summed E-state index contributed by atoms with van der Waals surface area (Å²) in [6.07, 6.45) is 3.19. The molecule has 0 saturated heterocycles. The number of alkyl halides is 1. The first-order valence-electron chi connectivity index (χ1n) is 2.94. The van der Waals surface area contributed by atoms with Gasteiger partial charge >= 0.3 is 0 Å². The molecule has 0 aliphatic carbocycles. The summed E-state index contributed by atoms with van der Waals surface area (Å²) in [5.41, 5.74) is 0.622. The van der Waals surface area contributed by atoms with Gasteiger partial charge in [0.2, 0.25) is 0 Å². The highest BCUT2D eigenvalue weighted by atomic mass is 79.9. The molecule has 1 aromatic rings. The van der Waals surface area contributed by atoms with Crippen molar-refractivity contribution in [2.24, 2.45) is 0 Å². The van der Waals surface area contributed by atoms with Crippen molar-refractivity contribution in [3.63, 3.8) is 0 Å². The Bertz CT molecular complexity index is 275. The van der Waals surface area contributed by atoms with Crippen molar-refractivity contribution in [1.82, 2.24) is 4.98 Å². The zero-order valence-electron chi connectivity index (χ0n) is 5.55. The minimum atomic E-state index is 0.0406. The summed E-state index contributed by atoms with van der Waals surface area (Å²) >= 11 is 6.31. The molecule has 0 saturated carbocycles. The lowest BCUT2D eigenvalue weighted by Gasteiger charge is -1.95. The standard InChI is InChI=1S/C7H5Br2NO/c8-2-7(11)5-1-6(9)4-10-3-5/h1,3-4H,2H2. The molecule has 0 bridgehead atoms. The number of rotatable bonds is 2. The van der Waals surface area contributed by atoms with Gasteiger partial charge < -0.3 is 0 Å². The maximum absolute atomic E-state index is 11.1. The molecule has 1 heterocycles. The topological polar surface area (TPSA) is 30.0 Å². The Morgan fingerprint density at radius 2 is 2.27 bits per heavy atom. The number of nitrogens with zero attached hydrogens (tertiary/aromatic N) is 1. The van der Waals surface area contributed by atoms with Crippen LogP contribution in [0.5, 0.6) is 0 Å². The normalized spacial score (nSPS) is 9.64. The second-order valence-corrected chi connectivity index (χ2v) is 3.43. The van der Waals surface area contributed by atoms with Gasteiger partial charge in [0.15, 0.2) is 5.78 Å². The highest BCUT2D eigenvalue weighted by molar-refractivity contribution is 9.10. The summed E-state index contributed by atoms with van der Waals surface area (Å²) < 4.78 is 0.823. The molecule has 1 rings (SSSR count). The molecule has 0 amide bonds. The highest BCUT2D eigenvalue weighted by Crippen LogP contribution is 2.10. The van der Waals surface area contributed by atoms with E-state index in [1.807, 2.05) is 0 Å². The molecule has 4 heteroatoms. The van der Waals surface area contributed by atoms with E-state index < -0.39 is 0 Å². The minimum Gasteiger partial charge on any atom is -0.293 e. The van der Waals surface area contributed by atoms with Gasteiger partial charge in [-0.2, -0.15) is 0 Å². The predicted molar refractivity (Wildman–Crippen MR) is 50.1 cm³/mol. The Labute approximate surface area is 81.3 Å². The molecule has 11 heavy (non-hydrogen) atoms. The van der Waals surface area contributed by atoms with Gasteiger partial charge in [-0.15, -0.1) is 0 Å². The molecule has 1 aromatic heterocycles. The first-order chi connectivity index (χ1) is 5.24. The number of Topliss-reactive ketones (excluding diaryl/α,β-unsaturated/α-hetero) is 1. The molecule has 0 atom stereocenters. The molecule has 0 radical (unpaired) electrons. The van der Waals surface area contributed by atoms with Crippen LogP contribution in [0.4, 0.5) is 0 Å². The molecule has 0 aromatic carbocycles. The van der Waals surface area contributed by atoms with Crippen LogP contribution in [0.2, 0.25) is 0 Å². The van der Waals surface area contributed by atoms with Crippen LogP contribution >= 0.6 is 31.9 Å². The fourth-order valence-electron chi connectivity index (χ4n) is 0.642. The number of halogens is 2. The highest BCUT2D eigenvalue weighted by Gasteiger charge is 2.03. The Kier molecular flexibility index (Phi) is 3.20. The zero-order chi connectivity index (χ0) is 8.27. The SMILES string of the molecule is O=C(CBr)c1cncc(Br)c1.